The molecule has 286 valence electrons. The predicted octanol–water partition coefficient (Wildman–Crippen LogP) is 17.0. The molecule has 0 aromatic heterocycles. The molecular weight excluding hydrogens is 735 g/mol. The van der Waals surface area contributed by atoms with Gasteiger partial charge in [0.05, 0.1) is 15.1 Å². The van der Waals surface area contributed by atoms with E-state index in [-0.39, 0.29) is 22.0 Å². The third-order valence-corrected chi connectivity index (χ3v) is 11.2. The van der Waals surface area contributed by atoms with Gasteiger partial charge in [-0.1, -0.05) is 206 Å². The van der Waals surface area contributed by atoms with Crippen molar-refractivity contribution in [3.05, 3.63) is 248 Å². The molecule has 0 fully saturated rings. The molecule has 0 amide bonds. The van der Waals surface area contributed by atoms with E-state index >= 15 is 0 Å². The fourth-order valence-electron chi connectivity index (χ4n) is 8.37. The van der Waals surface area contributed by atoms with Crippen LogP contribution in [0.25, 0.3) is 88.0 Å². The van der Waals surface area contributed by atoms with Gasteiger partial charge in [-0.05, 0) is 130 Å². The fourth-order valence-corrected chi connectivity index (χ4v) is 8.37. The van der Waals surface area contributed by atoms with Gasteiger partial charge in [-0.3, -0.25) is 0 Å². The van der Waals surface area contributed by atoms with Crippen molar-refractivity contribution in [2.45, 2.75) is 0 Å². The molecule has 11 aromatic rings. The predicted molar refractivity (Wildman–Crippen MR) is 261 cm³/mol. The van der Waals surface area contributed by atoms with Crippen LogP contribution in [0.5, 0.6) is 0 Å². The van der Waals surface area contributed by atoms with Gasteiger partial charge < -0.3 is 4.90 Å². The summed E-state index contributed by atoms with van der Waals surface area (Å²) < 4.78 is 98.8. The van der Waals surface area contributed by atoms with Gasteiger partial charge in [0.2, 0.25) is 0 Å². The van der Waals surface area contributed by atoms with Crippen molar-refractivity contribution in [1.29, 1.82) is 0 Å². The van der Waals surface area contributed by atoms with Crippen LogP contribution in [0.15, 0.2) is 248 Å². The second-order valence-electron chi connectivity index (χ2n) is 14.8. The molecule has 0 aliphatic heterocycles. The molecule has 0 N–H and O–H groups in total. The third kappa shape index (κ3) is 6.73. The standard InChI is InChI=1S/C60H41N/c1-4-15-42(16-5-1)43-27-34-50(35-28-43)61(52-38-31-46(32-39-52)54-26-14-22-45-17-10-11-23-53(45)54)51-36-29-44(30-37-51)49-33-40-56-55-24-12-13-25-57(55)59(47-18-6-2-7-19-47)60(58(56)41-49)48-20-8-3-9-21-48/h1-41H/i10D,11D,14D,17D,22D,23D,26D,31D,32D,38D,39D. The topological polar surface area (TPSA) is 3.24 Å². The summed E-state index contributed by atoms with van der Waals surface area (Å²) in [4.78, 5) is 1.66. The van der Waals surface area contributed by atoms with Crippen molar-refractivity contribution in [2.24, 2.45) is 0 Å². The third-order valence-electron chi connectivity index (χ3n) is 11.2. The maximum atomic E-state index is 9.63. The first-order chi connectivity index (χ1) is 34.8. The minimum absolute atomic E-state index is 0.103. The fraction of sp³-hybridized carbons (Fsp3) is 0. The zero-order valence-corrected chi connectivity index (χ0v) is 32.8. The van der Waals surface area contributed by atoms with E-state index in [0.29, 0.717) is 11.4 Å². The van der Waals surface area contributed by atoms with Crippen molar-refractivity contribution in [1.82, 2.24) is 0 Å². The minimum atomic E-state index is -0.670. The van der Waals surface area contributed by atoms with E-state index in [1.807, 2.05) is 91.0 Å². The maximum Gasteiger partial charge on any atom is 0.0645 e. The lowest BCUT2D eigenvalue weighted by Crippen LogP contribution is -2.09. The highest BCUT2D eigenvalue weighted by atomic mass is 15.1. The molecule has 0 atom stereocenters. The van der Waals surface area contributed by atoms with E-state index in [1.54, 1.807) is 4.90 Å². The lowest BCUT2D eigenvalue weighted by Gasteiger charge is -2.26. The number of hydrogen-bond donors (Lipinski definition) is 0. The van der Waals surface area contributed by atoms with Gasteiger partial charge in [0.1, 0.15) is 0 Å². The smallest absolute Gasteiger partial charge is 0.0645 e. The Morgan fingerprint density at radius 3 is 1.39 bits per heavy atom. The molecule has 0 saturated heterocycles. The van der Waals surface area contributed by atoms with Gasteiger partial charge in [0, 0.05) is 17.1 Å². The summed E-state index contributed by atoms with van der Waals surface area (Å²) in [5.74, 6) is 0. The molecule has 0 radical (unpaired) electrons. The van der Waals surface area contributed by atoms with Crippen molar-refractivity contribution in [2.75, 3.05) is 4.90 Å². The number of anilines is 3. The van der Waals surface area contributed by atoms with Gasteiger partial charge in [0.25, 0.3) is 0 Å². The molecule has 0 unspecified atom stereocenters. The van der Waals surface area contributed by atoms with Crippen LogP contribution in [-0.4, -0.2) is 0 Å². The Balaban J connectivity index is 1.10. The summed E-state index contributed by atoms with van der Waals surface area (Å²) in [5.41, 5.74) is 8.37. The molecule has 11 aromatic carbocycles. The van der Waals surface area contributed by atoms with E-state index < -0.39 is 72.0 Å². The number of rotatable bonds is 8. The Kier molecular flexibility index (Phi) is 6.71. The molecule has 0 heterocycles. The van der Waals surface area contributed by atoms with Crippen LogP contribution in [0.2, 0.25) is 0 Å². The first-order valence-electron chi connectivity index (χ1n) is 25.6. The summed E-state index contributed by atoms with van der Waals surface area (Å²) in [6, 6.07) is 54.4. The lowest BCUT2D eigenvalue weighted by molar-refractivity contribution is 1.28. The van der Waals surface area contributed by atoms with Crippen LogP contribution in [0.4, 0.5) is 17.1 Å². The van der Waals surface area contributed by atoms with Crippen molar-refractivity contribution < 1.29 is 15.1 Å². The van der Waals surface area contributed by atoms with Crippen molar-refractivity contribution in [3.63, 3.8) is 0 Å². The second kappa shape index (κ2) is 15.6. The van der Waals surface area contributed by atoms with Gasteiger partial charge in [-0.25, -0.2) is 0 Å². The van der Waals surface area contributed by atoms with Crippen molar-refractivity contribution in [3.8, 4) is 55.6 Å². The Morgan fingerprint density at radius 1 is 0.279 bits per heavy atom. The number of nitrogens with zero attached hydrogens (tertiary/aromatic N) is 1. The highest BCUT2D eigenvalue weighted by Crippen LogP contribution is 2.46. The normalized spacial score (nSPS) is 13.8. The summed E-state index contributed by atoms with van der Waals surface area (Å²) >= 11 is 0. The highest BCUT2D eigenvalue weighted by molar-refractivity contribution is 6.22. The summed E-state index contributed by atoms with van der Waals surface area (Å²) in [6.45, 7) is 0. The molecule has 1 nitrogen and oxygen atoms in total. The van der Waals surface area contributed by atoms with E-state index in [2.05, 4.69) is 91.0 Å². The van der Waals surface area contributed by atoms with Crippen LogP contribution < -0.4 is 4.90 Å². The minimum Gasteiger partial charge on any atom is -0.311 e. The average Bonchev–Trinajstić information content (AvgIpc) is 3.42. The number of fused-ring (bicyclic) bond motifs is 4. The highest BCUT2D eigenvalue weighted by Gasteiger charge is 2.19. The zero-order valence-electron chi connectivity index (χ0n) is 43.8. The molecule has 61 heavy (non-hydrogen) atoms. The Hall–Kier alpha value is -8.00. The molecular formula is C60H41N. The van der Waals surface area contributed by atoms with Crippen LogP contribution in [0, 0.1) is 0 Å². The first kappa shape index (κ1) is 26.2. The summed E-state index contributed by atoms with van der Waals surface area (Å²) in [6.07, 6.45) is 0. The lowest BCUT2D eigenvalue weighted by atomic mass is 9.84. The zero-order chi connectivity index (χ0) is 50.1. The van der Waals surface area contributed by atoms with Crippen LogP contribution in [0.3, 0.4) is 0 Å². The molecule has 1 heteroatoms. The SMILES string of the molecule is [2H]c1c([2H])c(N(c2ccc(-c3ccccc3)cc2)c2ccc(-c3ccc4c(c3)c(-c3ccccc3)c(-c3ccccc3)c3ccccc34)cc2)c([2H])c([2H])c1-c1c([2H])c([2H])c([2H])c2c([2H])c([2H])c([2H])c([2H])c12. The van der Waals surface area contributed by atoms with Crippen LogP contribution in [-0.2, 0) is 0 Å². The van der Waals surface area contributed by atoms with Crippen LogP contribution >= 0.6 is 0 Å². The van der Waals surface area contributed by atoms with E-state index in [4.69, 9.17) is 9.60 Å². The number of benzene rings is 11. The van der Waals surface area contributed by atoms with Crippen LogP contribution in [0.1, 0.15) is 15.1 Å². The maximum absolute atomic E-state index is 9.63. The van der Waals surface area contributed by atoms with Gasteiger partial charge >= 0.3 is 0 Å². The largest absolute Gasteiger partial charge is 0.311 e. The first-order valence-corrected chi connectivity index (χ1v) is 20.1. The monoisotopic (exact) mass is 786 g/mol. The van der Waals surface area contributed by atoms with E-state index in [1.165, 1.54) is 0 Å². The Bertz CT molecular complexity index is 3920. The van der Waals surface area contributed by atoms with E-state index in [9.17, 15) is 5.48 Å². The summed E-state index contributed by atoms with van der Waals surface area (Å²) in [7, 11) is 0. The second-order valence-corrected chi connectivity index (χ2v) is 14.8. The molecule has 0 aliphatic rings. The Labute approximate surface area is 372 Å². The Morgan fingerprint density at radius 2 is 0.754 bits per heavy atom. The van der Waals surface area contributed by atoms with Gasteiger partial charge in [-0.2, -0.15) is 0 Å². The average molecular weight is 787 g/mol. The molecule has 0 saturated carbocycles. The van der Waals surface area contributed by atoms with E-state index in [0.717, 1.165) is 66.1 Å². The molecule has 0 aliphatic carbocycles. The quantitative estimate of drug-likeness (QED) is 0.139. The molecule has 11 rings (SSSR count). The summed E-state index contributed by atoms with van der Waals surface area (Å²) in [5, 5.41) is 3.82. The molecule has 0 spiro atoms. The van der Waals surface area contributed by atoms with Gasteiger partial charge in [0.15, 0.2) is 0 Å². The van der Waals surface area contributed by atoms with Crippen molar-refractivity contribution >= 4 is 49.4 Å². The van der Waals surface area contributed by atoms with Gasteiger partial charge in [-0.15, -0.1) is 0 Å². The number of hydrogen-bond acceptors (Lipinski definition) is 1. The molecule has 0 bridgehead atoms.